The number of rotatable bonds is 4. The van der Waals surface area contributed by atoms with Gasteiger partial charge in [0.05, 0.1) is 21.7 Å². The van der Waals surface area contributed by atoms with Crippen LogP contribution in [0, 0.1) is 10.1 Å². The molecule has 0 aliphatic carbocycles. The lowest BCUT2D eigenvalue weighted by Crippen LogP contribution is -2.28. The molecule has 0 aliphatic rings. The van der Waals surface area contributed by atoms with Gasteiger partial charge in [-0.05, 0) is 23.8 Å². The van der Waals surface area contributed by atoms with E-state index in [1.807, 2.05) is 0 Å². The lowest BCUT2D eigenvalue weighted by Gasteiger charge is -2.15. The van der Waals surface area contributed by atoms with E-state index < -0.39 is 11.0 Å². The number of amides is 1. The molecule has 0 bridgehead atoms. The first-order valence-corrected chi connectivity index (χ1v) is 7.59. The minimum Gasteiger partial charge on any atom is -0.508 e. The SMILES string of the molecule is O=C(O)N(Cc1ccc([N+](=O)[O-])cc1)c1nc2ccc(O)cc2s1. The summed E-state index contributed by atoms with van der Waals surface area (Å²) in [5, 5.41) is 29.9. The predicted molar refractivity (Wildman–Crippen MR) is 88.6 cm³/mol. The summed E-state index contributed by atoms with van der Waals surface area (Å²) in [6.07, 6.45) is -1.18. The first kappa shape index (κ1) is 15.7. The van der Waals surface area contributed by atoms with Crippen LogP contribution >= 0.6 is 11.3 Å². The zero-order valence-electron chi connectivity index (χ0n) is 12.1. The molecule has 2 aromatic carbocycles. The molecule has 1 aromatic heterocycles. The molecule has 0 radical (unpaired) electrons. The van der Waals surface area contributed by atoms with Crippen molar-refractivity contribution >= 4 is 38.5 Å². The largest absolute Gasteiger partial charge is 0.508 e. The third-order valence-electron chi connectivity index (χ3n) is 3.31. The summed E-state index contributed by atoms with van der Waals surface area (Å²) in [6.45, 7) is 0.0130. The average Bonchev–Trinajstić information content (AvgIpc) is 2.95. The van der Waals surface area contributed by atoms with Crippen molar-refractivity contribution in [2.75, 3.05) is 4.90 Å². The summed E-state index contributed by atoms with van der Waals surface area (Å²) in [4.78, 5) is 27.0. The number of anilines is 1. The molecule has 1 heterocycles. The Morgan fingerprint density at radius 1 is 1.25 bits per heavy atom. The van der Waals surface area contributed by atoms with E-state index in [1.54, 1.807) is 6.07 Å². The van der Waals surface area contributed by atoms with E-state index in [4.69, 9.17) is 0 Å². The lowest BCUT2D eigenvalue weighted by atomic mass is 10.2. The molecule has 24 heavy (non-hydrogen) atoms. The van der Waals surface area contributed by atoms with Gasteiger partial charge in [-0.25, -0.2) is 14.7 Å². The normalized spacial score (nSPS) is 10.7. The van der Waals surface area contributed by atoms with Crippen molar-refractivity contribution in [3.05, 3.63) is 58.1 Å². The van der Waals surface area contributed by atoms with E-state index in [-0.39, 0.29) is 23.1 Å². The molecule has 2 N–H and O–H groups in total. The van der Waals surface area contributed by atoms with E-state index >= 15 is 0 Å². The molecule has 0 aliphatic heterocycles. The molecule has 0 spiro atoms. The summed E-state index contributed by atoms with van der Waals surface area (Å²) in [5.41, 5.74) is 1.13. The van der Waals surface area contributed by atoms with Crippen molar-refractivity contribution in [3.8, 4) is 5.75 Å². The number of aromatic hydroxyl groups is 1. The molecule has 0 unspecified atom stereocenters. The Bertz CT molecular complexity index is 923. The van der Waals surface area contributed by atoms with Crippen molar-refractivity contribution < 1.29 is 19.9 Å². The number of non-ortho nitro benzene ring substituents is 1. The average molecular weight is 345 g/mol. The van der Waals surface area contributed by atoms with Gasteiger partial charge in [0.2, 0.25) is 0 Å². The smallest absolute Gasteiger partial charge is 0.413 e. The Morgan fingerprint density at radius 3 is 2.58 bits per heavy atom. The number of phenols is 1. The minimum atomic E-state index is -1.18. The number of carbonyl (C=O) groups is 1. The molecular formula is C15H11N3O5S. The number of nitrogens with zero attached hydrogens (tertiary/aromatic N) is 3. The Morgan fingerprint density at radius 2 is 1.96 bits per heavy atom. The van der Waals surface area contributed by atoms with Gasteiger partial charge in [0.25, 0.3) is 5.69 Å². The molecule has 3 aromatic rings. The van der Waals surface area contributed by atoms with E-state index in [0.717, 1.165) is 16.2 Å². The highest BCUT2D eigenvalue weighted by molar-refractivity contribution is 7.22. The fraction of sp³-hybridized carbons (Fsp3) is 0.0667. The number of hydrogen-bond donors (Lipinski definition) is 2. The van der Waals surface area contributed by atoms with E-state index in [2.05, 4.69) is 4.98 Å². The molecule has 0 atom stereocenters. The Hall–Kier alpha value is -3.20. The Kier molecular flexibility index (Phi) is 4.00. The number of nitro benzene ring substituents is 1. The van der Waals surface area contributed by atoms with Gasteiger partial charge in [-0.15, -0.1) is 0 Å². The highest BCUT2D eigenvalue weighted by Crippen LogP contribution is 2.32. The second-order valence-corrected chi connectivity index (χ2v) is 5.95. The van der Waals surface area contributed by atoms with Crippen molar-refractivity contribution in [2.24, 2.45) is 0 Å². The number of phenolic OH excluding ortho intramolecular Hbond substituents is 1. The van der Waals surface area contributed by atoms with E-state index in [0.29, 0.717) is 15.8 Å². The second kappa shape index (κ2) is 6.13. The van der Waals surface area contributed by atoms with Crippen molar-refractivity contribution in [1.29, 1.82) is 0 Å². The van der Waals surface area contributed by atoms with Gasteiger partial charge in [-0.1, -0.05) is 23.5 Å². The van der Waals surface area contributed by atoms with Gasteiger partial charge in [0, 0.05) is 12.1 Å². The van der Waals surface area contributed by atoms with Gasteiger partial charge in [0.15, 0.2) is 5.13 Å². The molecule has 0 saturated heterocycles. The summed E-state index contributed by atoms with van der Waals surface area (Å²) in [6, 6.07) is 10.3. The standard InChI is InChI=1S/C15H11N3O5S/c19-11-5-6-12-13(7-11)24-14(16-12)17(15(20)21)8-9-1-3-10(4-2-9)18(22)23/h1-7,19H,8H2,(H,20,21). The van der Waals surface area contributed by atoms with Crippen molar-refractivity contribution in [2.45, 2.75) is 6.54 Å². The molecule has 8 nitrogen and oxygen atoms in total. The monoisotopic (exact) mass is 345 g/mol. The molecule has 122 valence electrons. The van der Waals surface area contributed by atoms with Crippen LogP contribution in [0.1, 0.15) is 5.56 Å². The van der Waals surface area contributed by atoms with Crippen LogP contribution in [-0.2, 0) is 6.54 Å². The summed E-state index contributed by atoms with van der Waals surface area (Å²) >= 11 is 1.14. The molecule has 9 heteroatoms. The summed E-state index contributed by atoms with van der Waals surface area (Å²) in [5.74, 6) is 0.0787. The van der Waals surface area contributed by atoms with Crippen LogP contribution < -0.4 is 4.90 Å². The van der Waals surface area contributed by atoms with Crippen LogP contribution in [-0.4, -0.2) is 26.2 Å². The molecule has 0 saturated carbocycles. The highest BCUT2D eigenvalue weighted by Gasteiger charge is 2.20. The van der Waals surface area contributed by atoms with Gasteiger partial charge < -0.3 is 10.2 Å². The van der Waals surface area contributed by atoms with Crippen LogP contribution in [0.3, 0.4) is 0 Å². The number of benzene rings is 2. The van der Waals surface area contributed by atoms with Gasteiger partial charge in [-0.3, -0.25) is 10.1 Å². The molecule has 1 amide bonds. The van der Waals surface area contributed by atoms with Crippen LogP contribution in [0.4, 0.5) is 15.6 Å². The topological polar surface area (TPSA) is 117 Å². The predicted octanol–water partition coefficient (Wildman–Crippen LogP) is 3.59. The molecular weight excluding hydrogens is 334 g/mol. The fourth-order valence-corrected chi connectivity index (χ4v) is 3.13. The lowest BCUT2D eigenvalue weighted by molar-refractivity contribution is -0.384. The van der Waals surface area contributed by atoms with Crippen molar-refractivity contribution in [1.82, 2.24) is 4.98 Å². The fourth-order valence-electron chi connectivity index (χ4n) is 2.14. The maximum Gasteiger partial charge on any atom is 0.413 e. The van der Waals surface area contributed by atoms with Gasteiger partial charge in [-0.2, -0.15) is 0 Å². The Labute approximate surface area is 139 Å². The molecule has 0 fully saturated rings. The second-order valence-electron chi connectivity index (χ2n) is 4.94. The van der Waals surface area contributed by atoms with E-state index in [9.17, 15) is 25.1 Å². The minimum absolute atomic E-state index is 0.0130. The first-order valence-electron chi connectivity index (χ1n) is 6.77. The number of carboxylic acid groups (broad SMARTS) is 1. The van der Waals surface area contributed by atoms with E-state index in [1.165, 1.54) is 36.4 Å². The number of thiazole rings is 1. The number of aromatic nitrogens is 1. The first-order chi connectivity index (χ1) is 11.4. The molecule has 3 rings (SSSR count). The zero-order chi connectivity index (χ0) is 17.3. The third kappa shape index (κ3) is 3.10. The number of nitro groups is 1. The van der Waals surface area contributed by atoms with Gasteiger partial charge >= 0.3 is 6.09 Å². The third-order valence-corrected chi connectivity index (χ3v) is 4.35. The number of fused-ring (bicyclic) bond motifs is 1. The maximum atomic E-state index is 11.6. The van der Waals surface area contributed by atoms with Gasteiger partial charge in [0.1, 0.15) is 5.75 Å². The Balaban J connectivity index is 1.91. The zero-order valence-corrected chi connectivity index (χ0v) is 12.9. The van der Waals surface area contributed by atoms with Crippen LogP contribution in [0.2, 0.25) is 0 Å². The van der Waals surface area contributed by atoms with Crippen LogP contribution in [0.15, 0.2) is 42.5 Å². The highest BCUT2D eigenvalue weighted by atomic mass is 32.1. The van der Waals surface area contributed by atoms with Crippen molar-refractivity contribution in [3.63, 3.8) is 0 Å². The number of hydrogen-bond acceptors (Lipinski definition) is 6. The quantitative estimate of drug-likeness (QED) is 0.551. The summed E-state index contributed by atoms with van der Waals surface area (Å²) in [7, 11) is 0. The van der Waals surface area contributed by atoms with Crippen LogP contribution in [0.25, 0.3) is 10.2 Å². The summed E-state index contributed by atoms with van der Waals surface area (Å²) < 4.78 is 0.667. The maximum absolute atomic E-state index is 11.6. The van der Waals surface area contributed by atoms with Crippen LogP contribution in [0.5, 0.6) is 5.75 Å².